The second-order valence-electron chi connectivity index (χ2n) is 4.57. The Morgan fingerprint density at radius 2 is 1.71 bits per heavy atom. The van der Waals surface area contributed by atoms with E-state index >= 15 is 0 Å². The smallest absolute Gasteiger partial charge is 0.416 e. The third-order valence-corrected chi connectivity index (χ3v) is 2.79. The summed E-state index contributed by atoms with van der Waals surface area (Å²) in [5.41, 5.74) is -0.258. The highest BCUT2D eigenvalue weighted by atomic mass is 19.4. The van der Waals surface area contributed by atoms with Gasteiger partial charge in [0.15, 0.2) is 0 Å². The molecule has 2 N–H and O–H groups in total. The van der Waals surface area contributed by atoms with E-state index in [-0.39, 0.29) is 18.7 Å². The Morgan fingerprint density at radius 3 is 2.24 bits per heavy atom. The number of aliphatic carboxylic acids is 1. The predicted molar refractivity (Wildman–Crippen MR) is 69.6 cm³/mol. The van der Waals surface area contributed by atoms with Gasteiger partial charge < -0.3 is 10.4 Å². The van der Waals surface area contributed by atoms with Gasteiger partial charge in [-0.15, -0.1) is 0 Å². The van der Waals surface area contributed by atoms with Crippen molar-refractivity contribution in [3.8, 4) is 0 Å². The minimum absolute atomic E-state index is 0.00291. The quantitative estimate of drug-likeness (QED) is 0.761. The number of amides is 1. The van der Waals surface area contributed by atoms with Crippen molar-refractivity contribution in [1.82, 2.24) is 5.32 Å². The summed E-state index contributed by atoms with van der Waals surface area (Å²) in [6, 6.07) is 4.42. The summed E-state index contributed by atoms with van der Waals surface area (Å²) in [7, 11) is 0. The second kappa shape index (κ2) is 7.66. The molecule has 7 heteroatoms. The molecule has 0 bridgehead atoms. The van der Waals surface area contributed by atoms with Gasteiger partial charge in [-0.2, -0.15) is 13.2 Å². The zero-order chi connectivity index (χ0) is 15.9. The molecule has 0 aliphatic rings. The van der Waals surface area contributed by atoms with Crippen LogP contribution in [0.1, 0.15) is 30.4 Å². The van der Waals surface area contributed by atoms with Crippen LogP contribution in [0.3, 0.4) is 0 Å². The Labute approximate surface area is 120 Å². The third kappa shape index (κ3) is 6.78. The molecule has 4 nitrogen and oxygen atoms in total. The predicted octanol–water partition coefficient (Wildman–Crippen LogP) is 2.62. The van der Waals surface area contributed by atoms with Crippen molar-refractivity contribution in [3.63, 3.8) is 0 Å². The first-order valence-electron chi connectivity index (χ1n) is 6.43. The van der Waals surface area contributed by atoms with Crippen LogP contribution in [0.5, 0.6) is 0 Å². The number of rotatable bonds is 7. The van der Waals surface area contributed by atoms with Gasteiger partial charge >= 0.3 is 12.1 Å². The van der Waals surface area contributed by atoms with Crippen LogP contribution in [0, 0.1) is 0 Å². The van der Waals surface area contributed by atoms with Crippen LogP contribution in [0.25, 0.3) is 0 Å². The van der Waals surface area contributed by atoms with Crippen LogP contribution in [0.15, 0.2) is 24.3 Å². The molecule has 1 aromatic rings. The first-order chi connectivity index (χ1) is 9.79. The summed E-state index contributed by atoms with van der Waals surface area (Å²) in [5.74, 6) is -1.18. The maximum Gasteiger partial charge on any atom is 0.416 e. The highest BCUT2D eigenvalue weighted by Gasteiger charge is 2.29. The number of hydrogen-bond donors (Lipinski definition) is 2. The molecule has 1 amide bonds. The molecule has 0 aliphatic carbocycles. The minimum Gasteiger partial charge on any atom is -0.481 e. The summed E-state index contributed by atoms with van der Waals surface area (Å²) in [5, 5.41) is 11.0. The van der Waals surface area contributed by atoms with Gasteiger partial charge in [0.25, 0.3) is 0 Å². The number of unbranched alkanes of at least 4 members (excludes halogenated alkanes) is 1. The highest BCUT2D eigenvalue weighted by molar-refractivity contribution is 5.78. The molecular weight excluding hydrogens is 287 g/mol. The van der Waals surface area contributed by atoms with Crippen LogP contribution in [-0.2, 0) is 22.2 Å². The van der Waals surface area contributed by atoms with E-state index in [0.717, 1.165) is 12.1 Å². The molecule has 1 rings (SSSR count). The number of carbonyl (C=O) groups is 2. The Kier molecular flexibility index (Phi) is 6.20. The van der Waals surface area contributed by atoms with E-state index in [1.807, 2.05) is 0 Å². The Hall–Kier alpha value is -2.05. The maximum atomic E-state index is 12.4. The normalized spacial score (nSPS) is 11.2. The lowest BCUT2D eigenvalue weighted by Gasteiger charge is -2.08. The molecule has 0 saturated carbocycles. The fraction of sp³-hybridized carbons (Fsp3) is 0.429. The molecule has 0 radical (unpaired) electrons. The van der Waals surface area contributed by atoms with Gasteiger partial charge in [-0.05, 0) is 30.5 Å². The molecule has 0 spiro atoms. The molecule has 0 aliphatic heterocycles. The van der Waals surface area contributed by atoms with Crippen LogP contribution in [0.4, 0.5) is 13.2 Å². The molecule has 116 valence electrons. The third-order valence-electron chi connectivity index (χ3n) is 2.79. The van der Waals surface area contributed by atoms with E-state index in [9.17, 15) is 22.8 Å². The Balaban J connectivity index is 2.33. The lowest BCUT2D eigenvalue weighted by Crippen LogP contribution is -2.26. The molecule has 0 saturated heterocycles. The largest absolute Gasteiger partial charge is 0.481 e. The molecule has 0 unspecified atom stereocenters. The van der Waals surface area contributed by atoms with Gasteiger partial charge in [0, 0.05) is 13.0 Å². The molecule has 0 heterocycles. The summed E-state index contributed by atoms with van der Waals surface area (Å²) in [4.78, 5) is 21.8. The van der Waals surface area contributed by atoms with Crippen molar-refractivity contribution in [3.05, 3.63) is 35.4 Å². The van der Waals surface area contributed by atoms with E-state index in [1.165, 1.54) is 12.1 Å². The van der Waals surface area contributed by atoms with Gasteiger partial charge in [0.1, 0.15) is 0 Å². The molecule has 0 fully saturated rings. The fourth-order valence-electron chi connectivity index (χ4n) is 1.69. The minimum atomic E-state index is -4.38. The van der Waals surface area contributed by atoms with Gasteiger partial charge in [-0.3, -0.25) is 9.59 Å². The average Bonchev–Trinajstić information content (AvgIpc) is 2.37. The van der Waals surface area contributed by atoms with Crippen molar-refractivity contribution < 1.29 is 27.9 Å². The number of benzene rings is 1. The number of hydrogen-bond acceptors (Lipinski definition) is 2. The monoisotopic (exact) mass is 303 g/mol. The van der Waals surface area contributed by atoms with E-state index in [0.29, 0.717) is 24.9 Å². The fourth-order valence-corrected chi connectivity index (χ4v) is 1.69. The number of carbonyl (C=O) groups excluding carboxylic acids is 1. The van der Waals surface area contributed by atoms with Crippen molar-refractivity contribution >= 4 is 11.9 Å². The van der Waals surface area contributed by atoms with Crippen molar-refractivity contribution in [2.45, 2.75) is 31.9 Å². The number of halogens is 3. The van der Waals surface area contributed by atoms with Gasteiger partial charge in [-0.25, -0.2) is 0 Å². The standard InChI is InChI=1S/C14H16F3NO3/c15-14(16,17)11-6-4-10(5-7-11)9-12(19)18-8-2-1-3-13(20)21/h4-7H,1-3,8-9H2,(H,18,19)(H,20,21). The number of alkyl halides is 3. The van der Waals surface area contributed by atoms with Crippen LogP contribution in [0.2, 0.25) is 0 Å². The lowest BCUT2D eigenvalue weighted by atomic mass is 10.1. The summed E-state index contributed by atoms with van der Waals surface area (Å²) in [6.45, 7) is 0.354. The van der Waals surface area contributed by atoms with Gasteiger partial charge in [-0.1, -0.05) is 12.1 Å². The summed E-state index contributed by atoms with van der Waals surface area (Å²) in [6.07, 6.45) is -3.32. The van der Waals surface area contributed by atoms with E-state index in [1.54, 1.807) is 0 Å². The first-order valence-corrected chi connectivity index (χ1v) is 6.43. The zero-order valence-corrected chi connectivity index (χ0v) is 11.2. The zero-order valence-electron chi connectivity index (χ0n) is 11.2. The van der Waals surface area contributed by atoms with Gasteiger partial charge in [0.05, 0.1) is 12.0 Å². The van der Waals surface area contributed by atoms with Gasteiger partial charge in [0.2, 0.25) is 5.91 Å². The van der Waals surface area contributed by atoms with E-state index in [2.05, 4.69) is 5.32 Å². The second-order valence-corrected chi connectivity index (χ2v) is 4.57. The number of nitrogens with one attached hydrogen (secondary N) is 1. The lowest BCUT2D eigenvalue weighted by molar-refractivity contribution is -0.138. The number of carboxylic acids is 1. The molecule has 0 atom stereocenters. The summed E-state index contributed by atoms with van der Waals surface area (Å²) >= 11 is 0. The topological polar surface area (TPSA) is 66.4 Å². The number of carboxylic acid groups (broad SMARTS) is 1. The maximum absolute atomic E-state index is 12.4. The summed E-state index contributed by atoms with van der Waals surface area (Å²) < 4.78 is 37.1. The highest BCUT2D eigenvalue weighted by Crippen LogP contribution is 2.29. The Morgan fingerprint density at radius 1 is 1.10 bits per heavy atom. The van der Waals surface area contributed by atoms with Crippen molar-refractivity contribution in [1.29, 1.82) is 0 Å². The van der Waals surface area contributed by atoms with Crippen LogP contribution >= 0.6 is 0 Å². The van der Waals surface area contributed by atoms with E-state index < -0.39 is 17.7 Å². The molecular formula is C14H16F3NO3. The van der Waals surface area contributed by atoms with Crippen LogP contribution < -0.4 is 5.32 Å². The van der Waals surface area contributed by atoms with Crippen molar-refractivity contribution in [2.75, 3.05) is 6.54 Å². The molecule has 21 heavy (non-hydrogen) atoms. The Bertz CT molecular complexity index is 483. The first kappa shape index (κ1) is 17.0. The molecule has 1 aromatic carbocycles. The van der Waals surface area contributed by atoms with Crippen LogP contribution in [-0.4, -0.2) is 23.5 Å². The average molecular weight is 303 g/mol. The SMILES string of the molecule is O=C(O)CCCCNC(=O)Cc1ccc(C(F)(F)F)cc1. The van der Waals surface area contributed by atoms with E-state index in [4.69, 9.17) is 5.11 Å². The molecule has 0 aromatic heterocycles. The van der Waals surface area contributed by atoms with Crippen molar-refractivity contribution in [2.24, 2.45) is 0 Å².